The van der Waals surface area contributed by atoms with E-state index in [1.807, 2.05) is 49.4 Å². The summed E-state index contributed by atoms with van der Waals surface area (Å²) in [5.74, 6) is 0.834. The molecule has 1 aliphatic rings. The number of para-hydroxylation sites is 1. The molecule has 0 spiro atoms. The van der Waals surface area contributed by atoms with Gasteiger partial charge in [0.05, 0.1) is 18.8 Å². The van der Waals surface area contributed by atoms with Crippen LogP contribution in [0.3, 0.4) is 0 Å². The summed E-state index contributed by atoms with van der Waals surface area (Å²) < 4.78 is 4.92. The van der Waals surface area contributed by atoms with Gasteiger partial charge in [-0.15, -0.1) is 0 Å². The molecule has 1 aromatic heterocycles. The van der Waals surface area contributed by atoms with E-state index in [0.29, 0.717) is 0 Å². The number of rotatable bonds is 2. The lowest BCUT2D eigenvalue weighted by Gasteiger charge is -2.38. The van der Waals surface area contributed by atoms with Gasteiger partial charge in [-0.25, -0.2) is 9.78 Å². The highest BCUT2D eigenvalue weighted by Crippen LogP contribution is 2.38. The predicted octanol–water partition coefficient (Wildman–Crippen LogP) is 3.60. The molecule has 2 aromatic rings. The van der Waals surface area contributed by atoms with Gasteiger partial charge >= 0.3 is 6.09 Å². The van der Waals surface area contributed by atoms with Gasteiger partial charge in [0, 0.05) is 12.2 Å². The van der Waals surface area contributed by atoms with Gasteiger partial charge in [0.2, 0.25) is 0 Å². The average Bonchev–Trinajstić information content (AvgIpc) is 2.55. The van der Waals surface area contributed by atoms with E-state index in [4.69, 9.17) is 4.74 Å². The number of nitrogens with zero attached hydrogens (tertiary/aromatic N) is 2. The molecule has 1 aromatic carbocycles. The van der Waals surface area contributed by atoms with Gasteiger partial charge < -0.3 is 10.1 Å². The number of nitrogens with one attached hydrogen (secondary N) is 1. The molecule has 5 heteroatoms. The standard InChI is InChI=1S/C17H19N3O2/c1-12-11-14(19-16-9-5-6-10-18-16)13-7-3-4-8-15(13)20(12)17(21)22-2/h3-10,12,14H,11H2,1-2H3,(H,18,19). The topological polar surface area (TPSA) is 54.5 Å². The predicted molar refractivity (Wildman–Crippen MR) is 86.0 cm³/mol. The van der Waals surface area contributed by atoms with E-state index in [0.717, 1.165) is 23.5 Å². The first kappa shape index (κ1) is 14.4. The number of benzene rings is 1. The normalized spacial score (nSPS) is 20.2. The minimum Gasteiger partial charge on any atom is -0.452 e. The third kappa shape index (κ3) is 2.62. The van der Waals surface area contributed by atoms with E-state index in [-0.39, 0.29) is 18.2 Å². The van der Waals surface area contributed by atoms with Crippen molar-refractivity contribution in [2.24, 2.45) is 0 Å². The first-order valence-electron chi connectivity index (χ1n) is 7.34. The van der Waals surface area contributed by atoms with Gasteiger partial charge in [-0.2, -0.15) is 0 Å². The molecule has 3 rings (SSSR count). The minimum absolute atomic E-state index is 0.0450. The van der Waals surface area contributed by atoms with E-state index in [1.165, 1.54) is 7.11 Å². The Labute approximate surface area is 129 Å². The summed E-state index contributed by atoms with van der Waals surface area (Å²) in [5, 5.41) is 3.46. The Bertz CT molecular complexity index is 660. The monoisotopic (exact) mass is 297 g/mol. The SMILES string of the molecule is COC(=O)N1c2ccccc2C(Nc2ccccn2)CC1C. The van der Waals surface area contributed by atoms with E-state index in [9.17, 15) is 4.79 Å². The first-order chi connectivity index (χ1) is 10.7. The van der Waals surface area contributed by atoms with Crippen LogP contribution in [0.4, 0.5) is 16.3 Å². The fourth-order valence-corrected chi connectivity index (χ4v) is 2.95. The van der Waals surface area contributed by atoms with Crippen molar-refractivity contribution in [3.63, 3.8) is 0 Å². The van der Waals surface area contributed by atoms with Crippen molar-refractivity contribution in [3.05, 3.63) is 54.2 Å². The molecule has 1 amide bonds. The molecule has 0 bridgehead atoms. The first-order valence-corrected chi connectivity index (χ1v) is 7.34. The lowest BCUT2D eigenvalue weighted by atomic mass is 9.92. The Kier molecular flexibility index (Phi) is 3.96. The maximum atomic E-state index is 12.1. The van der Waals surface area contributed by atoms with Crippen LogP contribution in [0.25, 0.3) is 0 Å². The number of aromatic nitrogens is 1. The third-order valence-corrected chi connectivity index (χ3v) is 3.95. The zero-order valence-corrected chi connectivity index (χ0v) is 12.7. The molecule has 114 valence electrons. The summed E-state index contributed by atoms with van der Waals surface area (Å²) in [7, 11) is 1.41. The fourth-order valence-electron chi connectivity index (χ4n) is 2.95. The molecule has 22 heavy (non-hydrogen) atoms. The summed E-state index contributed by atoms with van der Waals surface area (Å²) >= 11 is 0. The Hall–Kier alpha value is -2.56. The van der Waals surface area contributed by atoms with Crippen molar-refractivity contribution in [2.75, 3.05) is 17.3 Å². The number of hydrogen-bond donors (Lipinski definition) is 1. The molecule has 2 unspecified atom stereocenters. The Morgan fingerprint density at radius 2 is 2.05 bits per heavy atom. The van der Waals surface area contributed by atoms with Crippen molar-refractivity contribution in [3.8, 4) is 0 Å². The summed E-state index contributed by atoms with van der Waals surface area (Å²) in [6.07, 6.45) is 2.24. The van der Waals surface area contributed by atoms with Crippen molar-refractivity contribution < 1.29 is 9.53 Å². The highest BCUT2D eigenvalue weighted by Gasteiger charge is 2.34. The maximum Gasteiger partial charge on any atom is 0.414 e. The molecule has 5 nitrogen and oxygen atoms in total. The number of hydrogen-bond acceptors (Lipinski definition) is 4. The van der Waals surface area contributed by atoms with Crippen LogP contribution < -0.4 is 10.2 Å². The van der Waals surface area contributed by atoms with Gasteiger partial charge in [0.15, 0.2) is 0 Å². The Balaban J connectivity index is 1.95. The summed E-state index contributed by atoms with van der Waals surface area (Å²) in [4.78, 5) is 18.1. The fraction of sp³-hybridized carbons (Fsp3) is 0.294. The number of amides is 1. The highest BCUT2D eigenvalue weighted by atomic mass is 16.5. The zero-order chi connectivity index (χ0) is 15.5. The number of carbonyl (C=O) groups is 1. The summed E-state index contributed by atoms with van der Waals surface area (Å²) in [6.45, 7) is 2.03. The van der Waals surface area contributed by atoms with Crippen LogP contribution >= 0.6 is 0 Å². The average molecular weight is 297 g/mol. The lowest BCUT2D eigenvalue weighted by Crippen LogP contribution is -2.44. The number of pyridine rings is 1. The minimum atomic E-state index is -0.323. The molecule has 0 radical (unpaired) electrons. The third-order valence-electron chi connectivity index (χ3n) is 3.95. The molecular formula is C17H19N3O2. The van der Waals surface area contributed by atoms with Crippen LogP contribution in [-0.2, 0) is 4.74 Å². The smallest absolute Gasteiger partial charge is 0.414 e. The Morgan fingerprint density at radius 1 is 1.27 bits per heavy atom. The number of anilines is 2. The number of ether oxygens (including phenoxy) is 1. The number of methoxy groups -OCH3 is 1. The van der Waals surface area contributed by atoms with Crippen molar-refractivity contribution >= 4 is 17.6 Å². The van der Waals surface area contributed by atoms with Crippen molar-refractivity contribution in [1.82, 2.24) is 4.98 Å². The molecule has 0 aliphatic carbocycles. The molecule has 0 saturated carbocycles. The summed E-state index contributed by atoms with van der Waals surface area (Å²) in [6, 6.07) is 13.9. The maximum absolute atomic E-state index is 12.1. The van der Waals surface area contributed by atoms with E-state index < -0.39 is 0 Å². The van der Waals surface area contributed by atoms with Gasteiger partial charge in [-0.05, 0) is 37.1 Å². The number of fused-ring (bicyclic) bond motifs is 1. The van der Waals surface area contributed by atoms with E-state index in [1.54, 1.807) is 11.1 Å². The molecular weight excluding hydrogens is 278 g/mol. The van der Waals surface area contributed by atoms with Crippen LogP contribution in [0.5, 0.6) is 0 Å². The molecule has 2 heterocycles. The second-order valence-corrected chi connectivity index (χ2v) is 5.40. The van der Waals surface area contributed by atoms with Crippen LogP contribution in [0.2, 0.25) is 0 Å². The van der Waals surface area contributed by atoms with Gasteiger partial charge in [0.25, 0.3) is 0 Å². The van der Waals surface area contributed by atoms with Crippen LogP contribution in [0, 0.1) is 0 Å². The van der Waals surface area contributed by atoms with Crippen LogP contribution in [-0.4, -0.2) is 24.2 Å². The van der Waals surface area contributed by atoms with Gasteiger partial charge in [0.1, 0.15) is 5.82 Å². The second-order valence-electron chi connectivity index (χ2n) is 5.40. The quantitative estimate of drug-likeness (QED) is 0.920. The van der Waals surface area contributed by atoms with Crippen molar-refractivity contribution in [1.29, 1.82) is 0 Å². The Morgan fingerprint density at radius 3 is 2.77 bits per heavy atom. The van der Waals surface area contributed by atoms with E-state index in [2.05, 4.69) is 10.3 Å². The molecule has 0 saturated heterocycles. The van der Waals surface area contributed by atoms with Gasteiger partial charge in [-0.1, -0.05) is 24.3 Å². The van der Waals surface area contributed by atoms with Crippen molar-refractivity contribution in [2.45, 2.75) is 25.4 Å². The van der Waals surface area contributed by atoms with Crippen LogP contribution in [0.15, 0.2) is 48.7 Å². The second kappa shape index (κ2) is 6.05. The molecule has 1 aliphatic heterocycles. The highest BCUT2D eigenvalue weighted by molar-refractivity contribution is 5.90. The van der Waals surface area contributed by atoms with E-state index >= 15 is 0 Å². The summed E-state index contributed by atoms with van der Waals surface area (Å²) in [5.41, 5.74) is 1.97. The van der Waals surface area contributed by atoms with Gasteiger partial charge in [-0.3, -0.25) is 4.90 Å². The number of carbonyl (C=O) groups excluding carboxylic acids is 1. The molecule has 0 fully saturated rings. The zero-order valence-electron chi connectivity index (χ0n) is 12.7. The van der Waals surface area contributed by atoms with Crippen LogP contribution in [0.1, 0.15) is 24.9 Å². The lowest BCUT2D eigenvalue weighted by molar-refractivity contribution is 0.175. The largest absolute Gasteiger partial charge is 0.452 e. The molecule has 2 atom stereocenters. The molecule has 1 N–H and O–H groups in total.